The predicted molar refractivity (Wildman–Crippen MR) is 131 cm³/mol. The number of rotatable bonds is 13. The standard InChI is InChI=1S/C27H34N2O3/c1-3-4-17-31-18-7-16-28-19-25-24-9-6-5-8-22(24)12-15-26(25)32-20-27(30)29-23-13-10-21(2)11-14-23/h5-6,8-15,28H,3-4,7,16-20H2,1-2H3,(H,29,30). The summed E-state index contributed by atoms with van der Waals surface area (Å²) in [6.07, 6.45) is 3.23. The van der Waals surface area contributed by atoms with Crippen LogP contribution in [0.3, 0.4) is 0 Å². The molecule has 3 aromatic rings. The number of benzene rings is 3. The minimum absolute atomic E-state index is 0.0372. The Morgan fingerprint density at radius 1 is 0.938 bits per heavy atom. The quantitative estimate of drug-likeness (QED) is 0.351. The zero-order valence-corrected chi connectivity index (χ0v) is 19.2. The number of ether oxygens (including phenoxy) is 2. The van der Waals surface area contributed by atoms with E-state index in [1.807, 2.05) is 55.5 Å². The van der Waals surface area contributed by atoms with Crippen LogP contribution in [-0.2, 0) is 16.1 Å². The van der Waals surface area contributed by atoms with E-state index in [2.05, 4.69) is 29.7 Å². The first kappa shape index (κ1) is 23.8. The summed E-state index contributed by atoms with van der Waals surface area (Å²) in [7, 11) is 0. The molecule has 0 saturated carbocycles. The SMILES string of the molecule is CCCCOCCCNCc1c(OCC(=O)Nc2ccc(C)cc2)ccc2ccccc12. The Bertz CT molecular complexity index is 986. The Hall–Kier alpha value is -2.89. The molecule has 32 heavy (non-hydrogen) atoms. The highest BCUT2D eigenvalue weighted by Gasteiger charge is 2.11. The second kappa shape index (κ2) is 12.8. The van der Waals surface area contributed by atoms with E-state index in [1.165, 1.54) is 0 Å². The van der Waals surface area contributed by atoms with Crippen molar-refractivity contribution in [2.24, 2.45) is 0 Å². The summed E-state index contributed by atoms with van der Waals surface area (Å²) < 4.78 is 11.6. The zero-order valence-electron chi connectivity index (χ0n) is 19.2. The fourth-order valence-corrected chi connectivity index (χ4v) is 3.47. The predicted octanol–water partition coefficient (Wildman–Crippen LogP) is 5.46. The van der Waals surface area contributed by atoms with Gasteiger partial charge in [0, 0.05) is 31.0 Å². The number of nitrogens with one attached hydrogen (secondary N) is 2. The molecule has 5 nitrogen and oxygen atoms in total. The number of anilines is 1. The number of hydrogen-bond donors (Lipinski definition) is 2. The first-order valence-corrected chi connectivity index (χ1v) is 11.5. The van der Waals surface area contributed by atoms with Gasteiger partial charge in [0.15, 0.2) is 6.61 Å². The van der Waals surface area contributed by atoms with Crippen LogP contribution in [0.1, 0.15) is 37.3 Å². The first-order chi connectivity index (χ1) is 15.7. The number of fused-ring (bicyclic) bond motifs is 1. The fourth-order valence-electron chi connectivity index (χ4n) is 3.47. The average Bonchev–Trinajstić information content (AvgIpc) is 2.81. The van der Waals surface area contributed by atoms with Gasteiger partial charge in [-0.25, -0.2) is 0 Å². The van der Waals surface area contributed by atoms with E-state index in [-0.39, 0.29) is 12.5 Å². The first-order valence-electron chi connectivity index (χ1n) is 11.5. The summed E-state index contributed by atoms with van der Waals surface area (Å²) in [6, 6.07) is 20.0. The molecule has 170 valence electrons. The van der Waals surface area contributed by atoms with Crippen LogP contribution in [-0.4, -0.2) is 32.3 Å². The maximum Gasteiger partial charge on any atom is 0.262 e. The van der Waals surface area contributed by atoms with Gasteiger partial charge in [-0.3, -0.25) is 4.79 Å². The normalized spacial score (nSPS) is 10.9. The summed E-state index contributed by atoms with van der Waals surface area (Å²) in [5.41, 5.74) is 2.99. The van der Waals surface area contributed by atoms with Gasteiger partial charge in [-0.2, -0.15) is 0 Å². The van der Waals surface area contributed by atoms with E-state index in [4.69, 9.17) is 9.47 Å². The monoisotopic (exact) mass is 434 g/mol. The molecule has 0 aliphatic heterocycles. The van der Waals surface area contributed by atoms with Gasteiger partial charge in [-0.05, 0) is 55.3 Å². The van der Waals surface area contributed by atoms with Crippen LogP contribution in [0.5, 0.6) is 5.75 Å². The average molecular weight is 435 g/mol. The van der Waals surface area contributed by atoms with Crippen molar-refractivity contribution in [2.45, 2.75) is 39.7 Å². The number of unbranched alkanes of at least 4 members (excludes halogenated alkanes) is 1. The summed E-state index contributed by atoms with van der Waals surface area (Å²) >= 11 is 0. The molecule has 0 saturated heterocycles. The van der Waals surface area contributed by atoms with Gasteiger partial charge in [0.2, 0.25) is 0 Å². The Kier molecular flexibility index (Phi) is 9.54. The molecule has 5 heteroatoms. The van der Waals surface area contributed by atoms with Crippen LogP contribution in [0.2, 0.25) is 0 Å². The van der Waals surface area contributed by atoms with Crippen molar-refractivity contribution in [3.8, 4) is 5.75 Å². The van der Waals surface area contributed by atoms with Crippen molar-refractivity contribution in [2.75, 3.05) is 31.7 Å². The highest BCUT2D eigenvalue weighted by molar-refractivity contribution is 5.92. The Morgan fingerprint density at radius 3 is 2.53 bits per heavy atom. The molecule has 2 N–H and O–H groups in total. The van der Waals surface area contributed by atoms with Crippen LogP contribution >= 0.6 is 0 Å². The fraction of sp³-hybridized carbons (Fsp3) is 0.370. The van der Waals surface area contributed by atoms with E-state index in [9.17, 15) is 4.79 Å². The highest BCUT2D eigenvalue weighted by atomic mass is 16.5. The maximum absolute atomic E-state index is 12.4. The van der Waals surface area contributed by atoms with Crippen molar-refractivity contribution in [3.63, 3.8) is 0 Å². The Labute approximate surface area is 191 Å². The highest BCUT2D eigenvalue weighted by Crippen LogP contribution is 2.28. The molecule has 0 fully saturated rings. The van der Waals surface area contributed by atoms with Gasteiger partial charge < -0.3 is 20.1 Å². The lowest BCUT2D eigenvalue weighted by Crippen LogP contribution is -2.21. The number of carbonyl (C=O) groups excluding carboxylic acids is 1. The van der Waals surface area contributed by atoms with Crippen molar-refractivity contribution >= 4 is 22.4 Å². The Balaban J connectivity index is 1.58. The maximum atomic E-state index is 12.4. The largest absolute Gasteiger partial charge is 0.483 e. The lowest BCUT2D eigenvalue weighted by molar-refractivity contribution is -0.118. The van der Waals surface area contributed by atoms with Crippen LogP contribution in [0, 0.1) is 6.92 Å². The molecular formula is C27H34N2O3. The molecule has 0 atom stereocenters. The van der Waals surface area contributed by atoms with E-state index in [0.29, 0.717) is 6.54 Å². The zero-order chi connectivity index (χ0) is 22.6. The molecule has 0 bridgehead atoms. The van der Waals surface area contributed by atoms with Crippen molar-refractivity contribution in [1.82, 2.24) is 5.32 Å². The molecular weight excluding hydrogens is 400 g/mol. The molecule has 0 aliphatic rings. The number of hydrogen-bond acceptors (Lipinski definition) is 4. The molecule has 0 unspecified atom stereocenters. The molecule has 0 heterocycles. The van der Waals surface area contributed by atoms with Gasteiger partial charge in [0.25, 0.3) is 5.91 Å². The molecule has 3 rings (SSSR count). The molecule has 3 aromatic carbocycles. The second-order valence-corrected chi connectivity index (χ2v) is 7.96. The molecule has 0 aliphatic carbocycles. The van der Waals surface area contributed by atoms with E-state index in [0.717, 1.165) is 72.4 Å². The van der Waals surface area contributed by atoms with Gasteiger partial charge in [0.1, 0.15) is 5.75 Å². The van der Waals surface area contributed by atoms with Crippen molar-refractivity contribution in [3.05, 3.63) is 71.8 Å². The minimum atomic E-state index is -0.176. The van der Waals surface area contributed by atoms with Gasteiger partial charge in [-0.1, -0.05) is 61.4 Å². The van der Waals surface area contributed by atoms with Crippen LogP contribution in [0.4, 0.5) is 5.69 Å². The second-order valence-electron chi connectivity index (χ2n) is 7.96. The van der Waals surface area contributed by atoms with Crippen molar-refractivity contribution in [1.29, 1.82) is 0 Å². The molecule has 1 amide bonds. The van der Waals surface area contributed by atoms with Crippen LogP contribution < -0.4 is 15.4 Å². The molecule has 0 radical (unpaired) electrons. The molecule has 0 spiro atoms. The number of amides is 1. The van der Waals surface area contributed by atoms with Gasteiger partial charge >= 0.3 is 0 Å². The smallest absolute Gasteiger partial charge is 0.262 e. The van der Waals surface area contributed by atoms with Gasteiger partial charge in [-0.15, -0.1) is 0 Å². The number of aryl methyl sites for hydroxylation is 1. The third-order valence-corrected chi connectivity index (χ3v) is 5.28. The minimum Gasteiger partial charge on any atom is -0.483 e. The summed E-state index contributed by atoms with van der Waals surface area (Å²) in [6.45, 7) is 7.29. The van der Waals surface area contributed by atoms with Gasteiger partial charge in [0.05, 0.1) is 0 Å². The van der Waals surface area contributed by atoms with Crippen LogP contribution in [0.25, 0.3) is 10.8 Å². The van der Waals surface area contributed by atoms with Crippen molar-refractivity contribution < 1.29 is 14.3 Å². The Morgan fingerprint density at radius 2 is 1.72 bits per heavy atom. The topological polar surface area (TPSA) is 59.6 Å². The van der Waals surface area contributed by atoms with E-state index in [1.54, 1.807) is 0 Å². The molecule has 0 aromatic heterocycles. The third kappa shape index (κ3) is 7.36. The summed E-state index contributed by atoms with van der Waals surface area (Å²) in [5.74, 6) is 0.555. The lowest BCUT2D eigenvalue weighted by atomic mass is 10.0. The lowest BCUT2D eigenvalue weighted by Gasteiger charge is -2.15. The van der Waals surface area contributed by atoms with E-state index < -0.39 is 0 Å². The number of carbonyl (C=O) groups is 1. The summed E-state index contributed by atoms with van der Waals surface area (Å²) in [5, 5.41) is 8.67. The third-order valence-electron chi connectivity index (χ3n) is 5.28. The van der Waals surface area contributed by atoms with Crippen LogP contribution in [0.15, 0.2) is 60.7 Å². The van der Waals surface area contributed by atoms with E-state index >= 15 is 0 Å². The summed E-state index contributed by atoms with van der Waals surface area (Å²) in [4.78, 5) is 12.4.